The minimum absolute atomic E-state index is 0.540. The van der Waals surface area contributed by atoms with Crippen molar-refractivity contribution >= 4 is 22.4 Å². The highest BCUT2D eigenvalue weighted by Gasteiger charge is 2.14. The van der Waals surface area contributed by atoms with E-state index in [0.29, 0.717) is 11.9 Å². The van der Waals surface area contributed by atoms with Gasteiger partial charge in [-0.1, -0.05) is 6.92 Å². The second-order valence-corrected chi connectivity index (χ2v) is 4.12. The normalized spacial score (nSPS) is 12.9. The fourth-order valence-electron chi connectivity index (χ4n) is 1.14. The van der Waals surface area contributed by atoms with Crippen LogP contribution in [0.5, 0.6) is 0 Å². The van der Waals surface area contributed by atoms with Crippen LogP contribution in [-0.4, -0.2) is 17.5 Å². The van der Waals surface area contributed by atoms with Crippen molar-refractivity contribution in [2.45, 2.75) is 33.2 Å². The summed E-state index contributed by atoms with van der Waals surface area (Å²) in [6.45, 7) is 6.41. The van der Waals surface area contributed by atoms with Gasteiger partial charge in [0.2, 0.25) is 0 Å². The predicted molar refractivity (Wildman–Crippen MR) is 59.4 cm³/mol. The molecule has 0 fully saturated rings. The molecule has 1 atom stereocenters. The highest BCUT2D eigenvalue weighted by Crippen LogP contribution is 2.30. The second-order valence-electron chi connectivity index (χ2n) is 3.37. The zero-order valence-corrected chi connectivity index (χ0v) is 9.48. The molecule has 0 amide bonds. The molecule has 1 heterocycles. The molecule has 0 bridgehead atoms. The first kappa shape index (κ1) is 10.3. The summed E-state index contributed by atoms with van der Waals surface area (Å²) in [6.07, 6.45) is 1.13. The lowest BCUT2D eigenvalue weighted by Gasteiger charge is -2.24. The van der Waals surface area contributed by atoms with E-state index in [9.17, 15) is 0 Å². The number of aromatic nitrogens is 1. The summed E-state index contributed by atoms with van der Waals surface area (Å²) >= 11 is 1.48. The van der Waals surface area contributed by atoms with Crippen molar-refractivity contribution in [2.24, 2.45) is 0 Å². The maximum atomic E-state index is 5.69. The molecule has 13 heavy (non-hydrogen) atoms. The van der Waals surface area contributed by atoms with Crippen molar-refractivity contribution in [1.29, 1.82) is 0 Å². The minimum atomic E-state index is 0.540. The first-order valence-electron chi connectivity index (χ1n) is 4.52. The topological polar surface area (TPSA) is 42.2 Å². The quantitative estimate of drug-likeness (QED) is 0.812. The summed E-state index contributed by atoms with van der Waals surface area (Å²) in [5, 5.41) is 1.19. The molecule has 0 saturated carbocycles. The van der Waals surface area contributed by atoms with E-state index >= 15 is 0 Å². The highest BCUT2D eigenvalue weighted by molar-refractivity contribution is 7.10. The molecule has 0 spiro atoms. The number of anilines is 2. The van der Waals surface area contributed by atoms with E-state index in [2.05, 4.69) is 30.2 Å². The monoisotopic (exact) mass is 199 g/mol. The van der Waals surface area contributed by atoms with Gasteiger partial charge in [0.1, 0.15) is 10.8 Å². The van der Waals surface area contributed by atoms with Crippen molar-refractivity contribution in [3.8, 4) is 0 Å². The molecule has 3 nitrogen and oxygen atoms in total. The molecule has 0 radical (unpaired) electrons. The Morgan fingerprint density at radius 3 is 2.62 bits per heavy atom. The Kier molecular flexibility index (Phi) is 3.14. The predicted octanol–water partition coefficient (Wildman–Crippen LogP) is 2.27. The van der Waals surface area contributed by atoms with Gasteiger partial charge in [-0.05, 0) is 31.8 Å². The van der Waals surface area contributed by atoms with E-state index in [-0.39, 0.29) is 0 Å². The maximum Gasteiger partial charge on any atom is 0.142 e. The summed E-state index contributed by atoms with van der Waals surface area (Å²) in [5.74, 6) is 0.662. The standard InChI is InChI=1S/C9H17N3S/c1-5-6(2)12(4)9-7(3)8(10)11-13-9/h6H,5H2,1-4H3,(H2,10,11). The maximum absolute atomic E-state index is 5.69. The summed E-state index contributed by atoms with van der Waals surface area (Å²) in [6, 6.07) is 0.540. The molecule has 0 aliphatic carbocycles. The summed E-state index contributed by atoms with van der Waals surface area (Å²) in [4.78, 5) is 2.24. The van der Waals surface area contributed by atoms with Gasteiger partial charge in [0.25, 0.3) is 0 Å². The van der Waals surface area contributed by atoms with Crippen LogP contribution < -0.4 is 10.6 Å². The molecule has 2 N–H and O–H groups in total. The van der Waals surface area contributed by atoms with Gasteiger partial charge in [-0.25, -0.2) is 0 Å². The van der Waals surface area contributed by atoms with Gasteiger partial charge in [-0.2, -0.15) is 4.37 Å². The van der Waals surface area contributed by atoms with Crippen molar-refractivity contribution < 1.29 is 0 Å². The smallest absolute Gasteiger partial charge is 0.142 e. The Balaban J connectivity index is 2.88. The second kappa shape index (κ2) is 3.96. The van der Waals surface area contributed by atoms with Crippen molar-refractivity contribution in [2.75, 3.05) is 17.7 Å². The zero-order chi connectivity index (χ0) is 10.0. The Hall–Kier alpha value is -0.770. The molecule has 1 aromatic heterocycles. The van der Waals surface area contributed by atoms with E-state index in [1.165, 1.54) is 16.5 Å². The van der Waals surface area contributed by atoms with Crippen molar-refractivity contribution in [3.63, 3.8) is 0 Å². The summed E-state index contributed by atoms with van der Waals surface area (Å²) in [5.41, 5.74) is 6.80. The molecule has 74 valence electrons. The fourth-order valence-corrected chi connectivity index (χ4v) is 2.01. The number of hydrogen-bond acceptors (Lipinski definition) is 4. The molecule has 0 aliphatic rings. The van der Waals surface area contributed by atoms with E-state index in [0.717, 1.165) is 12.0 Å². The van der Waals surface area contributed by atoms with Crippen LogP contribution in [0.25, 0.3) is 0 Å². The van der Waals surface area contributed by atoms with Gasteiger partial charge in [-0.15, -0.1) is 0 Å². The lowest BCUT2D eigenvalue weighted by Crippen LogP contribution is -2.27. The van der Waals surface area contributed by atoms with Gasteiger partial charge in [0.15, 0.2) is 0 Å². The minimum Gasteiger partial charge on any atom is -0.383 e. The summed E-state index contributed by atoms with van der Waals surface area (Å²) in [7, 11) is 2.09. The first-order valence-corrected chi connectivity index (χ1v) is 5.29. The SMILES string of the molecule is CCC(C)N(C)c1snc(N)c1C. The van der Waals surface area contributed by atoms with Crippen LogP contribution >= 0.6 is 11.5 Å². The number of nitrogens with two attached hydrogens (primary N) is 1. The third-order valence-electron chi connectivity index (χ3n) is 2.51. The molecule has 1 aromatic rings. The molecule has 0 aliphatic heterocycles. The lowest BCUT2D eigenvalue weighted by atomic mass is 10.2. The largest absolute Gasteiger partial charge is 0.383 e. The van der Waals surface area contributed by atoms with Crippen LogP contribution in [0.3, 0.4) is 0 Å². The average Bonchev–Trinajstić information content (AvgIpc) is 2.45. The fraction of sp³-hybridized carbons (Fsp3) is 0.667. The number of hydrogen-bond donors (Lipinski definition) is 1. The highest BCUT2D eigenvalue weighted by atomic mass is 32.1. The molecular formula is C9H17N3S. The van der Waals surface area contributed by atoms with Crippen LogP contribution in [0, 0.1) is 6.92 Å². The molecule has 1 rings (SSSR count). The molecule has 4 heteroatoms. The van der Waals surface area contributed by atoms with Gasteiger partial charge in [-0.3, -0.25) is 0 Å². The number of nitrogen functional groups attached to an aromatic ring is 1. The van der Waals surface area contributed by atoms with Gasteiger partial charge < -0.3 is 10.6 Å². The molecule has 0 aromatic carbocycles. The van der Waals surface area contributed by atoms with E-state index < -0.39 is 0 Å². The third-order valence-corrected chi connectivity index (χ3v) is 3.56. The van der Waals surface area contributed by atoms with Crippen molar-refractivity contribution in [3.05, 3.63) is 5.56 Å². The molecular weight excluding hydrogens is 182 g/mol. The van der Waals surface area contributed by atoms with Gasteiger partial charge in [0, 0.05) is 18.7 Å². The van der Waals surface area contributed by atoms with Crippen LogP contribution in [0.2, 0.25) is 0 Å². The van der Waals surface area contributed by atoms with E-state index in [4.69, 9.17) is 5.73 Å². The van der Waals surface area contributed by atoms with Crippen LogP contribution in [0.15, 0.2) is 0 Å². The number of nitrogens with zero attached hydrogens (tertiary/aromatic N) is 2. The Bertz CT molecular complexity index is 282. The Morgan fingerprint density at radius 1 is 1.62 bits per heavy atom. The first-order chi connectivity index (χ1) is 6.07. The third kappa shape index (κ3) is 1.94. The molecule has 1 unspecified atom stereocenters. The van der Waals surface area contributed by atoms with Crippen molar-refractivity contribution in [1.82, 2.24) is 4.37 Å². The summed E-state index contributed by atoms with van der Waals surface area (Å²) < 4.78 is 4.13. The van der Waals surface area contributed by atoms with Gasteiger partial charge >= 0.3 is 0 Å². The van der Waals surface area contributed by atoms with Gasteiger partial charge in [0.05, 0.1) is 0 Å². The Labute approximate surface area is 83.7 Å². The van der Waals surface area contributed by atoms with E-state index in [1.807, 2.05) is 6.92 Å². The molecule has 0 saturated heterocycles. The van der Waals surface area contributed by atoms with Crippen LogP contribution in [-0.2, 0) is 0 Å². The Morgan fingerprint density at radius 2 is 2.23 bits per heavy atom. The number of rotatable bonds is 3. The van der Waals surface area contributed by atoms with Crippen LogP contribution in [0.4, 0.5) is 10.8 Å². The zero-order valence-electron chi connectivity index (χ0n) is 8.66. The van der Waals surface area contributed by atoms with Crippen LogP contribution in [0.1, 0.15) is 25.8 Å². The average molecular weight is 199 g/mol. The lowest BCUT2D eigenvalue weighted by molar-refractivity contribution is 0.667. The van der Waals surface area contributed by atoms with E-state index in [1.54, 1.807) is 0 Å².